The second-order valence-electron chi connectivity index (χ2n) is 4.39. The van der Waals surface area contributed by atoms with Crippen molar-refractivity contribution in [3.05, 3.63) is 40.1 Å². The molecule has 0 atom stereocenters. The molecule has 2 rings (SSSR count). The van der Waals surface area contributed by atoms with Crippen LogP contribution in [0, 0.1) is 0 Å². The van der Waals surface area contributed by atoms with Crippen LogP contribution in [0.25, 0.3) is 0 Å². The minimum absolute atomic E-state index is 0.111. The molecule has 1 aromatic heterocycles. The summed E-state index contributed by atoms with van der Waals surface area (Å²) in [6.07, 6.45) is 0.480. The van der Waals surface area contributed by atoms with Gasteiger partial charge >= 0.3 is 5.97 Å². The molecule has 0 bridgehead atoms. The number of carbonyl (C=O) groups is 3. The number of hydrogen-bond acceptors (Lipinski definition) is 5. The smallest absolute Gasteiger partial charge is 0.303 e. The molecule has 8 nitrogen and oxygen atoms in total. The fourth-order valence-electron chi connectivity index (χ4n) is 1.58. The first-order chi connectivity index (χ1) is 10.9. The van der Waals surface area contributed by atoms with Crippen LogP contribution in [0.1, 0.15) is 28.1 Å². The number of amides is 1. The van der Waals surface area contributed by atoms with Crippen molar-refractivity contribution in [2.45, 2.75) is 12.8 Å². The van der Waals surface area contributed by atoms with Crippen LogP contribution in [0.15, 0.2) is 24.4 Å². The first kappa shape index (κ1) is 16.9. The van der Waals surface area contributed by atoms with E-state index in [-0.39, 0.29) is 23.6 Å². The largest absolute Gasteiger partial charge is 0.481 e. The molecule has 1 heterocycles. The molecule has 10 heteroatoms. The Bertz CT molecular complexity index is 775. The third kappa shape index (κ3) is 4.51. The molecule has 0 radical (unpaired) electrons. The first-order valence-corrected chi connectivity index (χ1v) is 7.06. The maximum absolute atomic E-state index is 12.0. The number of carboxylic acids is 1. The van der Waals surface area contributed by atoms with Gasteiger partial charge in [-0.05, 0) is 18.2 Å². The molecule has 120 valence electrons. The van der Waals surface area contributed by atoms with Gasteiger partial charge in [-0.15, -0.1) is 9.90 Å². The van der Waals surface area contributed by atoms with Gasteiger partial charge in [0, 0.05) is 11.4 Å². The van der Waals surface area contributed by atoms with Crippen molar-refractivity contribution in [3.8, 4) is 0 Å². The van der Waals surface area contributed by atoms with Crippen LogP contribution in [-0.4, -0.2) is 37.9 Å². The minimum Gasteiger partial charge on any atom is -0.481 e. The van der Waals surface area contributed by atoms with E-state index >= 15 is 0 Å². The maximum atomic E-state index is 12.0. The summed E-state index contributed by atoms with van der Waals surface area (Å²) >= 11 is 11.7. The molecule has 0 aliphatic heterocycles. The van der Waals surface area contributed by atoms with E-state index in [9.17, 15) is 14.4 Å². The lowest BCUT2D eigenvalue weighted by Crippen LogP contribution is -2.17. The van der Waals surface area contributed by atoms with Crippen LogP contribution in [0.4, 0.5) is 5.69 Å². The standard InChI is InChI=1S/C13H10Cl2N4O4/c14-7-1-2-9(8(15)5-7)17-13(23)10-6-16-19(18-10)11(20)3-4-12(21)22/h1-2,5-6H,3-4H2,(H,17,23)(H,21,22). The third-order valence-electron chi connectivity index (χ3n) is 2.68. The number of carbonyl (C=O) groups excluding carboxylic acids is 2. The van der Waals surface area contributed by atoms with Crippen molar-refractivity contribution in [1.82, 2.24) is 15.0 Å². The summed E-state index contributed by atoms with van der Waals surface area (Å²) in [5.41, 5.74) is 0.215. The number of anilines is 1. The summed E-state index contributed by atoms with van der Waals surface area (Å²) in [5, 5.41) is 19.0. The van der Waals surface area contributed by atoms with E-state index in [2.05, 4.69) is 15.5 Å². The summed E-state index contributed by atoms with van der Waals surface area (Å²) in [5.74, 6) is -2.36. The lowest BCUT2D eigenvalue weighted by molar-refractivity contribution is -0.137. The van der Waals surface area contributed by atoms with E-state index in [1.54, 1.807) is 6.07 Å². The van der Waals surface area contributed by atoms with E-state index in [1.165, 1.54) is 12.1 Å². The summed E-state index contributed by atoms with van der Waals surface area (Å²) < 4.78 is 0. The highest BCUT2D eigenvalue weighted by Crippen LogP contribution is 2.25. The number of aromatic nitrogens is 3. The van der Waals surface area contributed by atoms with Gasteiger partial charge in [-0.3, -0.25) is 14.4 Å². The third-order valence-corrected chi connectivity index (χ3v) is 3.23. The lowest BCUT2D eigenvalue weighted by Gasteiger charge is -2.05. The van der Waals surface area contributed by atoms with Crippen LogP contribution in [0.2, 0.25) is 10.0 Å². The van der Waals surface area contributed by atoms with E-state index in [1.807, 2.05) is 0 Å². The Morgan fingerprint density at radius 1 is 1.22 bits per heavy atom. The van der Waals surface area contributed by atoms with Crippen molar-refractivity contribution < 1.29 is 19.5 Å². The van der Waals surface area contributed by atoms with Crippen molar-refractivity contribution in [3.63, 3.8) is 0 Å². The molecule has 0 aliphatic carbocycles. The lowest BCUT2D eigenvalue weighted by atomic mass is 10.3. The van der Waals surface area contributed by atoms with E-state index < -0.39 is 17.8 Å². The Labute approximate surface area is 140 Å². The fourth-order valence-corrected chi connectivity index (χ4v) is 2.03. The highest BCUT2D eigenvalue weighted by molar-refractivity contribution is 6.36. The summed E-state index contributed by atoms with van der Waals surface area (Å²) in [7, 11) is 0. The number of aliphatic carboxylic acids is 1. The van der Waals surface area contributed by atoms with E-state index in [0.29, 0.717) is 15.5 Å². The van der Waals surface area contributed by atoms with Crippen molar-refractivity contribution in [1.29, 1.82) is 0 Å². The monoisotopic (exact) mass is 356 g/mol. The molecular weight excluding hydrogens is 347 g/mol. The Morgan fingerprint density at radius 3 is 2.61 bits per heavy atom. The topological polar surface area (TPSA) is 114 Å². The second-order valence-corrected chi connectivity index (χ2v) is 5.23. The van der Waals surface area contributed by atoms with Gasteiger partial charge in [0.15, 0.2) is 5.69 Å². The summed E-state index contributed by atoms with van der Waals surface area (Å²) in [6, 6.07) is 4.53. The Balaban J connectivity index is 2.06. The molecular formula is C13H10Cl2N4O4. The zero-order chi connectivity index (χ0) is 17.0. The van der Waals surface area contributed by atoms with Gasteiger partial charge in [0.25, 0.3) is 11.8 Å². The fraction of sp³-hybridized carbons (Fsp3) is 0.154. The van der Waals surface area contributed by atoms with Crippen LogP contribution >= 0.6 is 23.2 Å². The Kier molecular flexibility index (Phi) is 5.30. The number of benzene rings is 1. The van der Waals surface area contributed by atoms with Gasteiger partial charge in [0.2, 0.25) is 0 Å². The minimum atomic E-state index is -1.11. The number of hydrogen-bond donors (Lipinski definition) is 2. The number of carboxylic acid groups (broad SMARTS) is 1. The zero-order valence-corrected chi connectivity index (χ0v) is 13.0. The van der Waals surface area contributed by atoms with E-state index in [4.69, 9.17) is 28.3 Å². The predicted molar refractivity (Wildman–Crippen MR) is 81.9 cm³/mol. The molecule has 1 amide bonds. The number of nitrogens with one attached hydrogen (secondary N) is 1. The summed E-state index contributed by atoms with van der Waals surface area (Å²) in [4.78, 5) is 34.8. The Morgan fingerprint density at radius 2 is 1.96 bits per heavy atom. The van der Waals surface area contributed by atoms with Gasteiger partial charge in [0.05, 0.1) is 23.3 Å². The molecule has 1 aromatic carbocycles. The zero-order valence-electron chi connectivity index (χ0n) is 11.5. The Hall–Kier alpha value is -2.45. The highest BCUT2D eigenvalue weighted by atomic mass is 35.5. The molecule has 0 saturated heterocycles. The predicted octanol–water partition coefficient (Wildman–Crippen LogP) is 2.34. The number of rotatable bonds is 5. The van der Waals surface area contributed by atoms with Gasteiger partial charge in [-0.1, -0.05) is 23.2 Å². The average molecular weight is 357 g/mol. The molecule has 0 unspecified atom stereocenters. The van der Waals surface area contributed by atoms with E-state index in [0.717, 1.165) is 6.20 Å². The van der Waals surface area contributed by atoms with Crippen LogP contribution in [-0.2, 0) is 4.79 Å². The quantitative estimate of drug-likeness (QED) is 0.849. The SMILES string of the molecule is O=C(O)CCC(=O)n1ncc(C(=O)Nc2ccc(Cl)cc2Cl)n1. The van der Waals surface area contributed by atoms with Gasteiger partial charge in [-0.2, -0.15) is 5.10 Å². The molecule has 0 saturated carbocycles. The average Bonchev–Trinajstić information content (AvgIpc) is 2.97. The number of halogens is 2. The second kappa shape index (κ2) is 7.21. The molecule has 2 N–H and O–H groups in total. The van der Waals surface area contributed by atoms with Crippen LogP contribution < -0.4 is 5.32 Å². The van der Waals surface area contributed by atoms with Crippen molar-refractivity contribution >= 4 is 46.7 Å². The molecule has 2 aromatic rings. The summed E-state index contributed by atoms with van der Waals surface area (Å²) in [6.45, 7) is 0. The first-order valence-electron chi connectivity index (χ1n) is 6.30. The molecule has 0 spiro atoms. The van der Waals surface area contributed by atoms with Crippen molar-refractivity contribution in [2.75, 3.05) is 5.32 Å². The number of nitrogens with zero attached hydrogens (tertiary/aromatic N) is 3. The van der Waals surface area contributed by atoms with Crippen LogP contribution in [0.5, 0.6) is 0 Å². The maximum Gasteiger partial charge on any atom is 0.303 e. The van der Waals surface area contributed by atoms with Gasteiger partial charge in [0.1, 0.15) is 0 Å². The van der Waals surface area contributed by atoms with Gasteiger partial charge in [-0.25, -0.2) is 0 Å². The molecule has 0 fully saturated rings. The molecule has 0 aliphatic rings. The van der Waals surface area contributed by atoms with Crippen molar-refractivity contribution in [2.24, 2.45) is 0 Å². The normalized spacial score (nSPS) is 10.3. The highest BCUT2D eigenvalue weighted by Gasteiger charge is 2.16. The van der Waals surface area contributed by atoms with Gasteiger partial charge < -0.3 is 10.4 Å². The van der Waals surface area contributed by atoms with Crippen LogP contribution in [0.3, 0.4) is 0 Å². The molecule has 23 heavy (non-hydrogen) atoms.